The van der Waals surface area contributed by atoms with Crippen LogP contribution in [0.4, 0.5) is 5.69 Å². The number of nitrogens with zero attached hydrogens (tertiary/aromatic N) is 1. The molecule has 0 atom stereocenters. The Labute approximate surface area is 197 Å². The molecule has 1 N–H and O–H groups in total. The number of fused-ring (bicyclic) bond motifs is 1. The lowest BCUT2D eigenvalue weighted by Gasteiger charge is -2.14. The van der Waals surface area contributed by atoms with Gasteiger partial charge < -0.3 is 19.5 Å². The first-order valence-corrected chi connectivity index (χ1v) is 10.6. The molecule has 0 bridgehead atoms. The van der Waals surface area contributed by atoms with Crippen molar-refractivity contribution in [1.29, 1.82) is 0 Å². The second kappa shape index (κ2) is 9.62. The van der Waals surface area contributed by atoms with Crippen molar-refractivity contribution in [3.05, 3.63) is 101 Å². The van der Waals surface area contributed by atoms with Gasteiger partial charge in [0.2, 0.25) is 5.91 Å². The van der Waals surface area contributed by atoms with Gasteiger partial charge in [0.25, 0.3) is 5.78 Å². The number of methoxy groups -OCH3 is 3. The van der Waals surface area contributed by atoms with Gasteiger partial charge in [0.05, 0.1) is 33.2 Å². The largest absolute Gasteiger partial charge is 0.497 e. The zero-order chi connectivity index (χ0) is 24.2. The Kier molecular flexibility index (Phi) is 6.45. The van der Waals surface area contributed by atoms with E-state index in [9.17, 15) is 9.59 Å². The lowest BCUT2D eigenvalue weighted by Crippen LogP contribution is -2.13. The maximum Gasteiger partial charge on any atom is 0.261 e. The Hall–Kier alpha value is -4.39. The highest BCUT2D eigenvalue weighted by Crippen LogP contribution is 2.44. The summed E-state index contributed by atoms with van der Waals surface area (Å²) in [6.45, 7) is 1.96. The quantitative estimate of drug-likeness (QED) is 0.646. The summed E-state index contributed by atoms with van der Waals surface area (Å²) in [5, 5.41) is 2.84. The van der Waals surface area contributed by atoms with Crippen LogP contribution < -0.4 is 10.1 Å². The minimum Gasteiger partial charge on any atom is -0.497 e. The van der Waals surface area contributed by atoms with Gasteiger partial charge in [-0.3, -0.25) is 14.6 Å². The first-order valence-electron chi connectivity index (χ1n) is 10.6. The Morgan fingerprint density at radius 1 is 1.00 bits per heavy atom. The molecule has 0 saturated carbocycles. The van der Waals surface area contributed by atoms with E-state index in [1.807, 2.05) is 31.2 Å². The molecular weight excluding hydrogens is 432 g/mol. The molecule has 0 spiro atoms. The summed E-state index contributed by atoms with van der Waals surface area (Å²) in [7, 11) is 4.50. The van der Waals surface area contributed by atoms with Crippen molar-refractivity contribution in [2.24, 2.45) is 0 Å². The number of allylic oxidation sites excluding steroid dienone is 7. The Balaban J connectivity index is 1.80. The van der Waals surface area contributed by atoms with Crippen LogP contribution in [0.25, 0.3) is 11.1 Å². The van der Waals surface area contributed by atoms with Crippen LogP contribution >= 0.6 is 0 Å². The third-order valence-electron chi connectivity index (χ3n) is 5.61. The van der Waals surface area contributed by atoms with Crippen molar-refractivity contribution < 1.29 is 23.8 Å². The van der Waals surface area contributed by atoms with E-state index in [-0.39, 0.29) is 23.2 Å². The van der Waals surface area contributed by atoms with E-state index in [1.165, 1.54) is 14.2 Å². The molecule has 0 fully saturated rings. The number of hydrogen-bond donors (Lipinski definition) is 1. The number of amides is 1. The molecule has 1 amide bonds. The number of pyridine rings is 1. The van der Waals surface area contributed by atoms with E-state index < -0.39 is 0 Å². The predicted octanol–water partition coefficient (Wildman–Crippen LogP) is 4.47. The third-order valence-corrected chi connectivity index (χ3v) is 5.61. The van der Waals surface area contributed by atoms with Crippen molar-refractivity contribution in [1.82, 2.24) is 4.98 Å². The van der Waals surface area contributed by atoms with Crippen molar-refractivity contribution in [2.75, 3.05) is 26.6 Å². The number of rotatable bonds is 6. The normalized spacial score (nSPS) is 16.1. The molecule has 0 saturated heterocycles. The summed E-state index contributed by atoms with van der Waals surface area (Å²) in [4.78, 5) is 29.2. The van der Waals surface area contributed by atoms with Crippen LogP contribution in [0.3, 0.4) is 0 Å². The Morgan fingerprint density at radius 2 is 1.74 bits per heavy atom. The lowest BCUT2D eigenvalue weighted by molar-refractivity contribution is -0.118. The molecule has 7 heteroatoms. The van der Waals surface area contributed by atoms with Crippen molar-refractivity contribution in [3.8, 4) is 5.75 Å². The van der Waals surface area contributed by atoms with Crippen LogP contribution in [0, 0.1) is 0 Å². The second-order valence-electron chi connectivity index (χ2n) is 7.64. The maximum atomic E-state index is 12.8. The first kappa shape index (κ1) is 22.8. The fourth-order valence-corrected chi connectivity index (χ4v) is 3.93. The van der Waals surface area contributed by atoms with Crippen LogP contribution in [-0.2, 0) is 19.1 Å². The first-order chi connectivity index (χ1) is 16.4. The molecule has 0 aliphatic heterocycles. The van der Waals surface area contributed by atoms with Gasteiger partial charge in [-0.05, 0) is 82.8 Å². The third kappa shape index (κ3) is 4.41. The molecular formula is C27H24N2O5. The van der Waals surface area contributed by atoms with E-state index in [1.54, 1.807) is 49.9 Å². The second-order valence-corrected chi connectivity index (χ2v) is 7.64. The van der Waals surface area contributed by atoms with E-state index >= 15 is 0 Å². The van der Waals surface area contributed by atoms with Gasteiger partial charge in [-0.2, -0.15) is 0 Å². The summed E-state index contributed by atoms with van der Waals surface area (Å²) < 4.78 is 15.9. The molecule has 1 aromatic carbocycles. The van der Waals surface area contributed by atoms with Gasteiger partial charge in [-0.1, -0.05) is 6.07 Å². The van der Waals surface area contributed by atoms with E-state index in [0.29, 0.717) is 11.4 Å². The number of nitrogens with one attached hydrogen (secondary N) is 1. The Bertz CT molecular complexity index is 1290. The SMILES string of the molecule is COC1=CC(=CC2=C(C)/C(=C\C(=O)Nc3cccnc3)c3cc(OC)ccc32)C=C(OC)C1=O. The van der Waals surface area contributed by atoms with Gasteiger partial charge in [-0.25, -0.2) is 0 Å². The van der Waals surface area contributed by atoms with Crippen LogP contribution in [0.5, 0.6) is 5.75 Å². The number of ether oxygens (including phenoxy) is 3. The monoisotopic (exact) mass is 456 g/mol. The molecule has 2 aliphatic carbocycles. The van der Waals surface area contributed by atoms with Gasteiger partial charge in [0.15, 0.2) is 11.5 Å². The summed E-state index contributed by atoms with van der Waals surface area (Å²) in [5.41, 5.74) is 5.78. The number of carbonyl (C=O) groups is 2. The van der Waals surface area contributed by atoms with Crippen molar-refractivity contribution in [3.63, 3.8) is 0 Å². The highest BCUT2D eigenvalue weighted by Gasteiger charge is 2.26. The van der Waals surface area contributed by atoms with E-state index in [4.69, 9.17) is 14.2 Å². The highest BCUT2D eigenvalue weighted by molar-refractivity contribution is 6.12. The number of aromatic nitrogens is 1. The average Bonchev–Trinajstić information content (AvgIpc) is 3.10. The van der Waals surface area contributed by atoms with E-state index in [2.05, 4.69) is 10.3 Å². The van der Waals surface area contributed by atoms with Crippen LogP contribution in [0.1, 0.15) is 18.1 Å². The van der Waals surface area contributed by atoms with Crippen molar-refractivity contribution in [2.45, 2.75) is 6.92 Å². The highest BCUT2D eigenvalue weighted by atomic mass is 16.5. The summed E-state index contributed by atoms with van der Waals surface area (Å²) in [5.74, 6) is 0.505. The van der Waals surface area contributed by atoms with Crippen LogP contribution in [0.15, 0.2) is 89.7 Å². The molecule has 0 radical (unpaired) electrons. The molecule has 1 aromatic heterocycles. The summed E-state index contributed by atoms with van der Waals surface area (Å²) in [6, 6.07) is 9.27. The molecule has 4 rings (SSSR count). The fourth-order valence-electron chi connectivity index (χ4n) is 3.93. The zero-order valence-corrected chi connectivity index (χ0v) is 19.3. The fraction of sp³-hybridized carbons (Fsp3) is 0.148. The van der Waals surface area contributed by atoms with Gasteiger partial charge in [0.1, 0.15) is 5.75 Å². The average molecular weight is 456 g/mol. The molecule has 172 valence electrons. The minimum atomic E-state index is -0.308. The maximum absolute atomic E-state index is 12.8. The number of anilines is 1. The molecule has 0 unspecified atom stereocenters. The van der Waals surface area contributed by atoms with E-state index in [0.717, 1.165) is 33.4 Å². The number of Topliss-reactive ketones (excluding diaryl/α,β-unsaturated/α-hetero) is 1. The van der Waals surface area contributed by atoms with Crippen molar-refractivity contribution >= 4 is 28.5 Å². The number of ketones is 1. The molecule has 1 heterocycles. The minimum absolute atomic E-state index is 0.198. The Morgan fingerprint density at radius 3 is 2.35 bits per heavy atom. The number of hydrogen-bond acceptors (Lipinski definition) is 6. The van der Waals surface area contributed by atoms with Crippen LogP contribution in [-0.4, -0.2) is 38.0 Å². The number of benzene rings is 1. The van der Waals surface area contributed by atoms with Gasteiger partial charge >= 0.3 is 0 Å². The molecule has 2 aliphatic rings. The molecule has 7 nitrogen and oxygen atoms in total. The zero-order valence-electron chi connectivity index (χ0n) is 19.3. The number of carbonyl (C=O) groups excluding carboxylic acids is 2. The van der Waals surface area contributed by atoms with Gasteiger partial charge in [0, 0.05) is 12.3 Å². The standard InChI is InChI=1S/C27H24N2O5/c1-16-21(10-17-11-24(33-3)27(31)25(12-17)34-4)20-8-7-19(32-2)13-23(20)22(16)14-26(30)29-18-6-5-9-28-15-18/h5-15H,1-4H3,(H,29,30)/b22-14+. The van der Waals surface area contributed by atoms with Crippen LogP contribution in [0.2, 0.25) is 0 Å². The smallest absolute Gasteiger partial charge is 0.261 e. The molecule has 34 heavy (non-hydrogen) atoms. The summed E-state index contributed by atoms with van der Waals surface area (Å²) >= 11 is 0. The predicted molar refractivity (Wildman–Crippen MR) is 130 cm³/mol. The summed E-state index contributed by atoms with van der Waals surface area (Å²) in [6.07, 6.45) is 10.1. The molecule has 2 aromatic rings. The topological polar surface area (TPSA) is 86.8 Å². The van der Waals surface area contributed by atoms with Gasteiger partial charge in [-0.15, -0.1) is 0 Å². The lowest BCUT2D eigenvalue weighted by atomic mass is 9.99.